The molecule has 1 aromatic heterocycles. The number of hydrogen-bond acceptors (Lipinski definition) is 2. The van der Waals surface area contributed by atoms with Crippen LogP contribution in [0, 0.1) is 13.8 Å². The molecule has 1 atom stereocenters. The highest BCUT2D eigenvalue weighted by Crippen LogP contribution is 2.17. The van der Waals surface area contributed by atoms with Crippen molar-refractivity contribution in [3.63, 3.8) is 0 Å². The van der Waals surface area contributed by atoms with Crippen molar-refractivity contribution in [3.8, 4) is 0 Å². The summed E-state index contributed by atoms with van der Waals surface area (Å²) in [6, 6.07) is 12.1. The lowest BCUT2D eigenvalue weighted by Gasteiger charge is -2.13. The molecule has 0 fully saturated rings. The molecule has 0 bridgehead atoms. The van der Waals surface area contributed by atoms with Crippen LogP contribution in [-0.4, -0.2) is 28.2 Å². The molecule has 0 aliphatic rings. The third kappa shape index (κ3) is 3.77. The smallest absolute Gasteiger partial charge is 0.253 e. The fraction of sp³-hybridized carbons (Fsp3) is 0.389. The van der Waals surface area contributed by atoms with Gasteiger partial charge in [-0.2, -0.15) is 0 Å². The van der Waals surface area contributed by atoms with Crippen molar-refractivity contribution in [3.05, 3.63) is 58.9 Å². The first-order chi connectivity index (χ1) is 10.5. The molecule has 1 aromatic carbocycles. The van der Waals surface area contributed by atoms with Gasteiger partial charge in [-0.15, -0.1) is 0 Å². The lowest BCUT2D eigenvalue weighted by molar-refractivity contribution is 0.0933. The Labute approximate surface area is 131 Å². The van der Waals surface area contributed by atoms with Crippen LogP contribution in [0.3, 0.4) is 0 Å². The van der Waals surface area contributed by atoms with Crippen molar-refractivity contribution >= 4 is 5.91 Å². The maximum Gasteiger partial charge on any atom is 0.253 e. The van der Waals surface area contributed by atoms with E-state index >= 15 is 0 Å². The van der Waals surface area contributed by atoms with Gasteiger partial charge in [-0.3, -0.25) is 4.79 Å². The number of carbonyl (C=O) groups excluding carboxylic acids is 1. The fourth-order valence-electron chi connectivity index (χ4n) is 2.61. The number of amides is 1. The zero-order valence-corrected chi connectivity index (χ0v) is 13.5. The monoisotopic (exact) mass is 300 g/mol. The van der Waals surface area contributed by atoms with Crippen molar-refractivity contribution in [2.45, 2.75) is 39.8 Å². The van der Waals surface area contributed by atoms with E-state index in [0.29, 0.717) is 12.0 Å². The first-order valence-corrected chi connectivity index (χ1v) is 7.65. The average molecular weight is 300 g/mol. The van der Waals surface area contributed by atoms with Crippen molar-refractivity contribution in [1.82, 2.24) is 9.88 Å². The second-order valence-corrected chi connectivity index (χ2v) is 5.74. The van der Waals surface area contributed by atoms with E-state index in [9.17, 15) is 4.79 Å². The minimum absolute atomic E-state index is 0.0327. The van der Waals surface area contributed by atoms with Crippen molar-refractivity contribution in [2.24, 2.45) is 0 Å². The number of nitrogens with one attached hydrogen (secondary N) is 1. The predicted molar refractivity (Wildman–Crippen MR) is 88.1 cm³/mol. The molecule has 2 aromatic rings. The van der Waals surface area contributed by atoms with E-state index in [0.717, 1.165) is 17.9 Å². The summed E-state index contributed by atoms with van der Waals surface area (Å²) in [5.41, 5.74) is 3.96. The summed E-state index contributed by atoms with van der Waals surface area (Å²) < 4.78 is 2.15. The van der Waals surface area contributed by atoms with Gasteiger partial charge in [-0.1, -0.05) is 30.3 Å². The number of aryl methyl sites for hydroxylation is 1. The predicted octanol–water partition coefficient (Wildman–Crippen LogP) is 2.65. The molecule has 1 heterocycles. The highest BCUT2D eigenvalue weighted by molar-refractivity contribution is 5.95. The molecule has 0 spiro atoms. The van der Waals surface area contributed by atoms with Crippen LogP contribution in [0.15, 0.2) is 36.4 Å². The molecule has 4 nitrogen and oxygen atoms in total. The van der Waals surface area contributed by atoms with Crippen LogP contribution in [0.1, 0.15) is 40.7 Å². The minimum Gasteiger partial charge on any atom is -0.396 e. The van der Waals surface area contributed by atoms with E-state index in [1.54, 1.807) is 0 Å². The zero-order chi connectivity index (χ0) is 16.1. The number of aliphatic hydroxyl groups is 1. The Hall–Kier alpha value is -2.07. The molecule has 0 radical (unpaired) electrons. The molecule has 4 heteroatoms. The van der Waals surface area contributed by atoms with Gasteiger partial charge in [-0.25, -0.2) is 0 Å². The summed E-state index contributed by atoms with van der Waals surface area (Å²) in [6.45, 7) is 6.73. The van der Waals surface area contributed by atoms with Gasteiger partial charge in [0.1, 0.15) is 0 Å². The van der Waals surface area contributed by atoms with Gasteiger partial charge in [-0.05, 0) is 38.8 Å². The molecule has 0 aliphatic heterocycles. The summed E-state index contributed by atoms with van der Waals surface area (Å²) >= 11 is 0. The molecule has 2 N–H and O–H groups in total. The summed E-state index contributed by atoms with van der Waals surface area (Å²) in [5, 5.41) is 11.9. The maximum absolute atomic E-state index is 12.4. The van der Waals surface area contributed by atoms with E-state index in [2.05, 4.69) is 22.0 Å². The van der Waals surface area contributed by atoms with Gasteiger partial charge in [0.2, 0.25) is 0 Å². The molecular weight excluding hydrogens is 276 g/mol. The first kappa shape index (κ1) is 16.3. The highest BCUT2D eigenvalue weighted by atomic mass is 16.3. The lowest BCUT2D eigenvalue weighted by atomic mass is 10.2. The maximum atomic E-state index is 12.4. The van der Waals surface area contributed by atoms with Gasteiger partial charge in [0.25, 0.3) is 5.91 Å². The van der Waals surface area contributed by atoms with Crippen LogP contribution in [-0.2, 0) is 6.54 Å². The number of benzene rings is 1. The second kappa shape index (κ2) is 7.27. The number of hydrogen-bond donors (Lipinski definition) is 2. The van der Waals surface area contributed by atoms with Crippen LogP contribution < -0.4 is 5.32 Å². The third-order valence-electron chi connectivity index (χ3n) is 3.94. The van der Waals surface area contributed by atoms with Crippen molar-refractivity contribution < 1.29 is 9.90 Å². The van der Waals surface area contributed by atoms with Gasteiger partial charge >= 0.3 is 0 Å². The summed E-state index contributed by atoms with van der Waals surface area (Å²) in [5.74, 6) is -0.0756. The van der Waals surface area contributed by atoms with E-state index in [1.807, 2.05) is 45.0 Å². The Kier molecular flexibility index (Phi) is 5.39. The molecule has 22 heavy (non-hydrogen) atoms. The van der Waals surface area contributed by atoms with Crippen molar-refractivity contribution in [2.75, 3.05) is 6.61 Å². The van der Waals surface area contributed by atoms with E-state index in [-0.39, 0.29) is 18.6 Å². The fourth-order valence-corrected chi connectivity index (χ4v) is 2.61. The van der Waals surface area contributed by atoms with Crippen LogP contribution >= 0.6 is 0 Å². The van der Waals surface area contributed by atoms with Crippen LogP contribution in [0.2, 0.25) is 0 Å². The second-order valence-electron chi connectivity index (χ2n) is 5.74. The highest BCUT2D eigenvalue weighted by Gasteiger charge is 2.17. The van der Waals surface area contributed by atoms with Gasteiger partial charge in [0, 0.05) is 30.6 Å². The van der Waals surface area contributed by atoms with E-state index in [4.69, 9.17) is 5.11 Å². The largest absolute Gasteiger partial charge is 0.396 e. The van der Waals surface area contributed by atoms with Crippen LogP contribution in [0.5, 0.6) is 0 Å². The molecule has 1 unspecified atom stereocenters. The Morgan fingerprint density at radius 2 is 1.95 bits per heavy atom. The standard InChI is InChI=1S/C18H24N2O2/c1-13(9-10-21)19-18(22)17-11-14(2)20(15(17)3)12-16-7-5-4-6-8-16/h4-8,11,13,21H,9-10,12H2,1-3H3,(H,19,22). The number of rotatable bonds is 6. The molecule has 0 aliphatic carbocycles. The molecule has 0 saturated heterocycles. The average Bonchev–Trinajstić information content (AvgIpc) is 2.77. The first-order valence-electron chi connectivity index (χ1n) is 7.65. The zero-order valence-electron chi connectivity index (χ0n) is 13.5. The van der Waals surface area contributed by atoms with Gasteiger partial charge in [0.05, 0.1) is 5.56 Å². The van der Waals surface area contributed by atoms with Crippen molar-refractivity contribution in [1.29, 1.82) is 0 Å². The van der Waals surface area contributed by atoms with Gasteiger partial charge in [0.15, 0.2) is 0 Å². The molecular formula is C18H24N2O2. The normalized spacial score (nSPS) is 12.2. The minimum atomic E-state index is -0.0756. The number of nitrogens with zero attached hydrogens (tertiary/aromatic N) is 1. The Bertz CT molecular complexity index is 632. The number of aliphatic hydroxyl groups excluding tert-OH is 1. The summed E-state index contributed by atoms with van der Waals surface area (Å²) in [4.78, 5) is 12.4. The topological polar surface area (TPSA) is 54.3 Å². The number of aromatic nitrogens is 1. The van der Waals surface area contributed by atoms with E-state index in [1.165, 1.54) is 5.56 Å². The summed E-state index contributed by atoms with van der Waals surface area (Å²) in [6.07, 6.45) is 0.564. The molecule has 2 rings (SSSR count). The van der Waals surface area contributed by atoms with Crippen LogP contribution in [0.25, 0.3) is 0 Å². The Morgan fingerprint density at radius 3 is 2.59 bits per heavy atom. The Balaban J connectivity index is 2.18. The Morgan fingerprint density at radius 1 is 1.27 bits per heavy atom. The SMILES string of the molecule is Cc1cc(C(=O)NC(C)CCO)c(C)n1Cc1ccccc1. The van der Waals surface area contributed by atoms with Crippen LogP contribution in [0.4, 0.5) is 0 Å². The molecule has 0 saturated carbocycles. The van der Waals surface area contributed by atoms with Gasteiger partial charge < -0.3 is 15.0 Å². The quantitative estimate of drug-likeness (QED) is 0.861. The third-order valence-corrected chi connectivity index (χ3v) is 3.94. The lowest BCUT2D eigenvalue weighted by Crippen LogP contribution is -2.33. The molecule has 1 amide bonds. The summed E-state index contributed by atoms with van der Waals surface area (Å²) in [7, 11) is 0. The number of carbonyl (C=O) groups is 1. The molecule has 118 valence electrons. The van der Waals surface area contributed by atoms with E-state index < -0.39 is 0 Å².